The second-order valence-corrected chi connectivity index (χ2v) is 7.19. The predicted molar refractivity (Wildman–Crippen MR) is 111 cm³/mol. The molecule has 1 aliphatic rings. The topological polar surface area (TPSA) is 93.9 Å². The molecular weight excluding hydrogens is 370 g/mol. The number of nitrogens with zero attached hydrogens (tertiary/aromatic N) is 1. The van der Waals surface area contributed by atoms with Gasteiger partial charge < -0.3 is 20.5 Å². The monoisotopic (exact) mass is 397 g/mol. The van der Waals surface area contributed by atoms with Crippen LogP contribution >= 0.6 is 0 Å². The van der Waals surface area contributed by atoms with Crippen LogP contribution in [0.15, 0.2) is 42.5 Å². The number of nitrogens with two attached hydrogens (primary N) is 1. The van der Waals surface area contributed by atoms with E-state index >= 15 is 0 Å². The van der Waals surface area contributed by atoms with E-state index in [-0.39, 0.29) is 17.7 Å². The van der Waals surface area contributed by atoms with Crippen LogP contribution in [0.25, 0.3) is 0 Å². The van der Waals surface area contributed by atoms with Crippen molar-refractivity contribution in [1.82, 2.24) is 4.90 Å². The molecule has 2 aromatic rings. The summed E-state index contributed by atoms with van der Waals surface area (Å²) in [4.78, 5) is 26.3. The van der Waals surface area contributed by atoms with Gasteiger partial charge in [0, 0.05) is 18.8 Å². The molecule has 2 amide bonds. The number of carbonyl (C=O) groups is 2. The van der Waals surface area contributed by atoms with Crippen LogP contribution in [-0.4, -0.2) is 44.0 Å². The van der Waals surface area contributed by atoms with Crippen LogP contribution in [-0.2, 0) is 11.3 Å². The first kappa shape index (κ1) is 20.7. The zero-order valence-corrected chi connectivity index (χ0v) is 16.8. The number of amides is 2. The number of benzene rings is 2. The average molecular weight is 397 g/mol. The average Bonchev–Trinajstić information content (AvgIpc) is 2.74. The number of ether oxygens (including phenoxy) is 2. The van der Waals surface area contributed by atoms with E-state index in [9.17, 15) is 9.59 Å². The zero-order chi connectivity index (χ0) is 20.8. The molecule has 0 bridgehead atoms. The molecule has 154 valence electrons. The minimum absolute atomic E-state index is 0.0693. The second kappa shape index (κ2) is 9.43. The zero-order valence-electron chi connectivity index (χ0n) is 16.8. The maximum absolute atomic E-state index is 12.7. The Morgan fingerprint density at radius 3 is 2.55 bits per heavy atom. The Bertz CT molecular complexity index is 867. The lowest BCUT2D eigenvalue weighted by molar-refractivity contribution is -0.123. The van der Waals surface area contributed by atoms with Crippen LogP contribution in [0.1, 0.15) is 28.8 Å². The van der Waals surface area contributed by atoms with E-state index in [1.54, 1.807) is 25.3 Å². The molecule has 3 rings (SSSR count). The van der Waals surface area contributed by atoms with Gasteiger partial charge in [0.15, 0.2) is 0 Å². The molecule has 2 aromatic carbocycles. The lowest BCUT2D eigenvalue weighted by atomic mass is 9.97. The number of primary amides is 1. The highest BCUT2D eigenvalue weighted by Gasteiger charge is 2.23. The van der Waals surface area contributed by atoms with Crippen molar-refractivity contribution in [2.45, 2.75) is 19.4 Å². The molecule has 1 aliphatic heterocycles. The largest absolute Gasteiger partial charge is 0.497 e. The first-order chi connectivity index (χ1) is 14.0. The maximum Gasteiger partial charge on any atom is 0.259 e. The van der Waals surface area contributed by atoms with E-state index in [4.69, 9.17) is 15.2 Å². The van der Waals surface area contributed by atoms with Gasteiger partial charge in [-0.1, -0.05) is 12.1 Å². The van der Waals surface area contributed by atoms with Crippen molar-refractivity contribution in [3.63, 3.8) is 0 Å². The van der Waals surface area contributed by atoms with Gasteiger partial charge in [-0.25, -0.2) is 0 Å². The molecule has 29 heavy (non-hydrogen) atoms. The number of likely N-dealkylation sites (tertiary alicyclic amines) is 1. The minimum Gasteiger partial charge on any atom is -0.497 e. The smallest absolute Gasteiger partial charge is 0.259 e. The summed E-state index contributed by atoms with van der Waals surface area (Å²) in [6.07, 6.45) is 1.84. The van der Waals surface area contributed by atoms with Gasteiger partial charge in [-0.3, -0.25) is 14.5 Å². The van der Waals surface area contributed by atoms with Gasteiger partial charge in [-0.15, -0.1) is 0 Å². The number of nitrogens with one attached hydrogen (secondary N) is 1. The lowest BCUT2D eigenvalue weighted by Crippen LogP contribution is -2.40. The number of carbonyl (C=O) groups excluding carboxylic acids is 2. The molecule has 1 atom stereocenters. The van der Waals surface area contributed by atoms with Crippen molar-refractivity contribution < 1.29 is 19.1 Å². The third-order valence-corrected chi connectivity index (χ3v) is 5.18. The number of rotatable bonds is 7. The normalized spacial score (nSPS) is 16.8. The van der Waals surface area contributed by atoms with Gasteiger partial charge in [0.2, 0.25) is 5.91 Å². The third kappa shape index (κ3) is 5.26. The van der Waals surface area contributed by atoms with Crippen LogP contribution in [0.3, 0.4) is 0 Å². The highest BCUT2D eigenvalue weighted by atomic mass is 16.5. The summed E-state index contributed by atoms with van der Waals surface area (Å²) >= 11 is 0. The Kier molecular flexibility index (Phi) is 6.72. The maximum atomic E-state index is 12.7. The Labute approximate surface area is 170 Å². The van der Waals surface area contributed by atoms with Crippen LogP contribution in [0.4, 0.5) is 5.69 Å². The molecule has 0 aromatic heterocycles. The molecule has 0 saturated carbocycles. The van der Waals surface area contributed by atoms with Crippen LogP contribution in [0, 0.1) is 5.92 Å². The van der Waals surface area contributed by atoms with E-state index in [0.717, 1.165) is 31.5 Å². The molecule has 0 aliphatic carbocycles. The molecule has 1 saturated heterocycles. The van der Waals surface area contributed by atoms with Gasteiger partial charge in [-0.05, 0) is 55.3 Å². The predicted octanol–water partition coefficient (Wildman–Crippen LogP) is 2.65. The van der Waals surface area contributed by atoms with E-state index < -0.39 is 0 Å². The highest BCUT2D eigenvalue weighted by Crippen LogP contribution is 2.25. The summed E-state index contributed by atoms with van der Waals surface area (Å²) in [7, 11) is 3.08. The number of hydrogen-bond acceptors (Lipinski definition) is 5. The van der Waals surface area contributed by atoms with Gasteiger partial charge in [0.25, 0.3) is 5.91 Å². The van der Waals surface area contributed by atoms with Crippen molar-refractivity contribution in [1.29, 1.82) is 0 Å². The molecule has 3 N–H and O–H groups in total. The Balaban J connectivity index is 1.63. The summed E-state index contributed by atoms with van der Waals surface area (Å²) in [6, 6.07) is 12.8. The van der Waals surface area contributed by atoms with Gasteiger partial charge in [0.1, 0.15) is 11.5 Å². The first-order valence-corrected chi connectivity index (χ1v) is 9.64. The standard InChI is InChI=1S/C22H27N3O4/c1-28-18-9-10-20(29-2)19(12-18)22(27)24-17-7-5-15(6-8-17)13-25-11-3-4-16(14-25)21(23)26/h5-10,12,16H,3-4,11,13-14H2,1-2H3,(H2,23,26)(H,24,27)/t16-/m0/s1. The molecule has 1 fully saturated rings. The molecule has 7 heteroatoms. The molecule has 0 unspecified atom stereocenters. The fraction of sp³-hybridized carbons (Fsp3) is 0.364. The van der Waals surface area contributed by atoms with E-state index in [1.807, 2.05) is 24.3 Å². The van der Waals surface area contributed by atoms with Crippen molar-refractivity contribution in [2.75, 3.05) is 32.6 Å². The number of anilines is 1. The number of piperidine rings is 1. The van der Waals surface area contributed by atoms with Crippen molar-refractivity contribution in [3.8, 4) is 11.5 Å². The van der Waals surface area contributed by atoms with Crippen LogP contribution in [0.5, 0.6) is 11.5 Å². The van der Waals surface area contributed by atoms with Crippen molar-refractivity contribution in [2.24, 2.45) is 11.7 Å². The Hall–Kier alpha value is -3.06. The summed E-state index contributed by atoms with van der Waals surface area (Å²) < 4.78 is 10.5. The van der Waals surface area contributed by atoms with Crippen LogP contribution in [0.2, 0.25) is 0 Å². The summed E-state index contributed by atoms with van der Waals surface area (Å²) in [5.41, 5.74) is 7.67. The molecule has 7 nitrogen and oxygen atoms in total. The number of hydrogen-bond donors (Lipinski definition) is 2. The van der Waals surface area contributed by atoms with E-state index in [2.05, 4.69) is 10.2 Å². The fourth-order valence-electron chi connectivity index (χ4n) is 3.57. The van der Waals surface area contributed by atoms with Gasteiger partial charge in [-0.2, -0.15) is 0 Å². The minimum atomic E-state index is -0.270. The highest BCUT2D eigenvalue weighted by molar-refractivity contribution is 6.06. The summed E-state index contributed by atoms with van der Waals surface area (Å²) in [5, 5.41) is 2.89. The fourth-order valence-corrected chi connectivity index (χ4v) is 3.57. The molecule has 1 heterocycles. The molecular formula is C22H27N3O4. The van der Waals surface area contributed by atoms with Crippen molar-refractivity contribution >= 4 is 17.5 Å². The Morgan fingerprint density at radius 2 is 1.90 bits per heavy atom. The summed E-state index contributed by atoms with van der Waals surface area (Å²) in [5.74, 6) is 0.505. The van der Waals surface area contributed by atoms with Crippen LogP contribution < -0.4 is 20.5 Å². The third-order valence-electron chi connectivity index (χ3n) is 5.18. The van der Waals surface area contributed by atoms with Crippen molar-refractivity contribution in [3.05, 3.63) is 53.6 Å². The summed E-state index contributed by atoms with van der Waals surface area (Å²) in [6.45, 7) is 2.41. The quantitative estimate of drug-likeness (QED) is 0.749. The molecule has 0 spiro atoms. The first-order valence-electron chi connectivity index (χ1n) is 9.64. The Morgan fingerprint density at radius 1 is 1.14 bits per heavy atom. The van der Waals surface area contributed by atoms with Gasteiger partial charge in [0.05, 0.1) is 25.7 Å². The SMILES string of the molecule is COc1ccc(OC)c(C(=O)Nc2ccc(CN3CCC[C@H](C(N)=O)C3)cc2)c1. The lowest BCUT2D eigenvalue weighted by Gasteiger charge is -2.31. The van der Waals surface area contributed by atoms with Gasteiger partial charge >= 0.3 is 0 Å². The number of methoxy groups -OCH3 is 2. The van der Waals surface area contributed by atoms with E-state index in [1.165, 1.54) is 7.11 Å². The van der Waals surface area contributed by atoms with E-state index in [0.29, 0.717) is 29.3 Å². The molecule has 0 radical (unpaired) electrons. The second-order valence-electron chi connectivity index (χ2n) is 7.19.